The molecule has 2 aromatic rings. The van der Waals surface area contributed by atoms with Gasteiger partial charge in [-0.25, -0.2) is 0 Å². The molecular weight excluding hydrogens is 298 g/mol. The van der Waals surface area contributed by atoms with Gasteiger partial charge in [0.15, 0.2) is 0 Å². The molecular formula is C13H14ClN3O2S. The predicted molar refractivity (Wildman–Crippen MR) is 79.3 cm³/mol. The summed E-state index contributed by atoms with van der Waals surface area (Å²) in [5.74, 6) is -0.786. The molecule has 0 spiro atoms. The third-order valence-corrected chi connectivity index (χ3v) is 3.77. The minimum atomic E-state index is -0.786. The molecule has 1 N–H and O–H groups in total. The third kappa shape index (κ3) is 4.18. The quantitative estimate of drug-likeness (QED) is 0.851. The van der Waals surface area contributed by atoms with Gasteiger partial charge in [0.2, 0.25) is 0 Å². The van der Waals surface area contributed by atoms with Gasteiger partial charge in [0.05, 0.1) is 6.54 Å². The second kappa shape index (κ2) is 7.21. The Morgan fingerprint density at radius 3 is 2.70 bits per heavy atom. The molecule has 1 aromatic carbocycles. The van der Waals surface area contributed by atoms with Crippen molar-refractivity contribution >= 4 is 34.8 Å². The number of benzene rings is 1. The number of carboxylic acids is 1. The van der Waals surface area contributed by atoms with E-state index in [4.69, 9.17) is 16.7 Å². The van der Waals surface area contributed by atoms with Gasteiger partial charge >= 0.3 is 5.97 Å². The number of hydrogen-bond donors (Lipinski definition) is 1. The van der Waals surface area contributed by atoms with E-state index >= 15 is 0 Å². The number of rotatable bonds is 7. The molecule has 5 nitrogen and oxygen atoms in total. The number of hydrogen-bond acceptors (Lipinski definition) is 5. The average Bonchev–Trinajstić information content (AvgIpc) is 2.84. The first kappa shape index (κ1) is 14.7. The maximum Gasteiger partial charge on any atom is 0.303 e. The van der Waals surface area contributed by atoms with Crippen LogP contribution < -0.4 is 4.90 Å². The Morgan fingerprint density at radius 2 is 2.10 bits per heavy atom. The van der Waals surface area contributed by atoms with E-state index in [1.807, 2.05) is 30.3 Å². The number of anilines is 1. The lowest BCUT2D eigenvalue weighted by atomic mass is 10.2. The fraction of sp³-hybridized carbons (Fsp3) is 0.308. The van der Waals surface area contributed by atoms with E-state index in [1.165, 1.54) is 0 Å². The zero-order chi connectivity index (χ0) is 14.4. The molecule has 0 fully saturated rings. The Kier molecular flexibility index (Phi) is 5.31. The first-order valence-corrected chi connectivity index (χ1v) is 7.30. The molecule has 0 atom stereocenters. The zero-order valence-electron chi connectivity index (χ0n) is 10.7. The number of carboxylic acid groups (broad SMARTS) is 1. The van der Waals surface area contributed by atoms with Gasteiger partial charge in [-0.2, -0.15) is 0 Å². The van der Waals surface area contributed by atoms with Crippen LogP contribution in [0, 0.1) is 0 Å². The van der Waals surface area contributed by atoms with E-state index in [-0.39, 0.29) is 6.42 Å². The van der Waals surface area contributed by atoms with Crippen LogP contribution in [-0.2, 0) is 11.3 Å². The van der Waals surface area contributed by atoms with Crippen LogP contribution in [0.5, 0.6) is 0 Å². The van der Waals surface area contributed by atoms with Gasteiger partial charge < -0.3 is 10.0 Å². The smallest absolute Gasteiger partial charge is 0.303 e. The van der Waals surface area contributed by atoms with Crippen molar-refractivity contribution in [2.24, 2.45) is 0 Å². The van der Waals surface area contributed by atoms with Crippen LogP contribution >= 0.6 is 23.1 Å². The van der Waals surface area contributed by atoms with Crippen LogP contribution in [0.3, 0.4) is 0 Å². The van der Waals surface area contributed by atoms with Gasteiger partial charge in [-0.15, -0.1) is 5.10 Å². The number of aliphatic carboxylic acids is 1. The van der Waals surface area contributed by atoms with Crippen molar-refractivity contribution in [2.75, 3.05) is 11.4 Å². The van der Waals surface area contributed by atoms with E-state index in [0.717, 1.165) is 22.9 Å². The molecule has 1 heterocycles. The molecule has 0 unspecified atom stereocenters. The molecule has 0 aliphatic rings. The minimum absolute atomic E-state index is 0.145. The Labute approximate surface area is 126 Å². The van der Waals surface area contributed by atoms with Gasteiger partial charge in [-0.1, -0.05) is 34.3 Å². The van der Waals surface area contributed by atoms with Crippen molar-refractivity contribution in [3.63, 3.8) is 0 Å². The van der Waals surface area contributed by atoms with E-state index in [9.17, 15) is 4.79 Å². The third-order valence-electron chi connectivity index (χ3n) is 2.79. The molecule has 0 aliphatic heterocycles. The molecule has 0 radical (unpaired) electrons. The molecule has 7 heteroatoms. The lowest BCUT2D eigenvalue weighted by molar-refractivity contribution is -0.137. The van der Waals surface area contributed by atoms with Crippen LogP contribution in [-0.4, -0.2) is 27.2 Å². The Bertz CT molecular complexity index is 562. The van der Waals surface area contributed by atoms with E-state index < -0.39 is 5.97 Å². The topological polar surface area (TPSA) is 66.3 Å². The Morgan fingerprint density at radius 1 is 1.35 bits per heavy atom. The molecule has 0 saturated heterocycles. The number of nitrogens with zero attached hydrogens (tertiary/aromatic N) is 3. The largest absolute Gasteiger partial charge is 0.481 e. The second-order valence-corrected chi connectivity index (χ2v) is 5.60. The summed E-state index contributed by atoms with van der Waals surface area (Å²) < 4.78 is 4.39. The van der Waals surface area contributed by atoms with E-state index in [1.54, 1.807) is 0 Å². The van der Waals surface area contributed by atoms with Crippen LogP contribution in [0.2, 0.25) is 4.34 Å². The van der Waals surface area contributed by atoms with Crippen molar-refractivity contribution < 1.29 is 9.90 Å². The zero-order valence-corrected chi connectivity index (χ0v) is 12.3. The molecule has 0 aliphatic carbocycles. The number of halogens is 1. The van der Waals surface area contributed by atoms with E-state index in [0.29, 0.717) is 23.8 Å². The summed E-state index contributed by atoms with van der Waals surface area (Å²) in [4.78, 5) is 12.7. The minimum Gasteiger partial charge on any atom is -0.481 e. The molecule has 1 aromatic heterocycles. The lowest BCUT2D eigenvalue weighted by Crippen LogP contribution is -2.24. The predicted octanol–water partition coefficient (Wildman–Crippen LogP) is 3.06. The van der Waals surface area contributed by atoms with E-state index in [2.05, 4.69) is 14.5 Å². The Hall–Kier alpha value is -1.66. The number of para-hydroxylation sites is 1. The highest BCUT2D eigenvalue weighted by molar-refractivity contribution is 7.10. The SMILES string of the molecule is O=C(O)CCCN(Cc1nnsc1Cl)c1ccccc1. The lowest BCUT2D eigenvalue weighted by Gasteiger charge is -2.23. The summed E-state index contributed by atoms with van der Waals surface area (Å²) in [6.45, 7) is 1.16. The summed E-state index contributed by atoms with van der Waals surface area (Å²) in [7, 11) is 0. The van der Waals surface area contributed by atoms with Gasteiger partial charge in [-0.05, 0) is 18.6 Å². The highest BCUT2D eigenvalue weighted by Gasteiger charge is 2.13. The summed E-state index contributed by atoms with van der Waals surface area (Å²) in [6, 6.07) is 9.79. The summed E-state index contributed by atoms with van der Waals surface area (Å²) in [6.07, 6.45) is 0.714. The second-order valence-electron chi connectivity index (χ2n) is 4.25. The van der Waals surface area contributed by atoms with Crippen LogP contribution in [0.1, 0.15) is 18.5 Å². The van der Waals surface area contributed by atoms with Crippen molar-refractivity contribution in [2.45, 2.75) is 19.4 Å². The van der Waals surface area contributed by atoms with Gasteiger partial charge in [0.25, 0.3) is 0 Å². The molecule has 0 bridgehead atoms. The molecule has 2 rings (SSSR count). The summed E-state index contributed by atoms with van der Waals surface area (Å²) >= 11 is 7.18. The van der Waals surface area contributed by atoms with Crippen molar-refractivity contribution in [3.8, 4) is 0 Å². The maximum atomic E-state index is 10.6. The normalized spacial score (nSPS) is 10.4. The molecule has 0 saturated carbocycles. The average molecular weight is 312 g/mol. The fourth-order valence-electron chi connectivity index (χ4n) is 1.83. The van der Waals surface area contributed by atoms with Crippen LogP contribution in [0.4, 0.5) is 5.69 Å². The van der Waals surface area contributed by atoms with Crippen LogP contribution in [0.25, 0.3) is 0 Å². The van der Waals surface area contributed by atoms with Gasteiger partial charge in [0.1, 0.15) is 10.0 Å². The number of aromatic nitrogens is 2. The van der Waals surface area contributed by atoms with Gasteiger partial charge in [-0.3, -0.25) is 4.79 Å². The van der Waals surface area contributed by atoms with Crippen LogP contribution in [0.15, 0.2) is 30.3 Å². The Balaban J connectivity index is 2.08. The summed E-state index contributed by atoms with van der Waals surface area (Å²) in [5, 5.41) is 12.7. The summed E-state index contributed by atoms with van der Waals surface area (Å²) in [5.41, 5.74) is 1.73. The molecule has 0 amide bonds. The standard InChI is InChI=1S/C13H14ClN3O2S/c14-13-11(15-16-20-13)9-17(8-4-7-12(18)19)10-5-2-1-3-6-10/h1-3,5-6H,4,7-9H2,(H,18,19). The maximum absolute atomic E-state index is 10.6. The number of carbonyl (C=O) groups is 1. The first-order valence-electron chi connectivity index (χ1n) is 6.15. The van der Waals surface area contributed by atoms with Crippen molar-refractivity contribution in [1.82, 2.24) is 9.59 Å². The van der Waals surface area contributed by atoms with Gasteiger partial charge in [0, 0.05) is 30.2 Å². The highest BCUT2D eigenvalue weighted by atomic mass is 35.5. The fourth-order valence-corrected chi connectivity index (χ4v) is 2.44. The highest BCUT2D eigenvalue weighted by Crippen LogP contribution is 2.22. The monoisotopic (exact) mass is 311 g/mol. The van der Waals surface area contributed by atoms with Crippen molar-refractivity contribution in [1.29, 1.82) is 0 Å². The van der Waals surface area contributed by atoms with Crippen molar-refractivity contribution in [3.05, 3.63) is 40.4 Å². The molecule has 106 valence electrons. The molecule has 20 heavy (non-hydrogen) atoms. The first-order chi connectivity index (χ1) is 9.66.